The van der Waals surface area contributed by atoms with Crippen molar-refractivity contribution in [1.82, 2.24) is 14.9 Å². The maximum atomic E-state index is 6.38. The lowest BCUT2D eigenvalue weighted by molar-refractivity contribution is 0.481. The zero-order chi connectivity index (χ0) is 29.7. The average molecular weight is 575 g/mol. The molecule has 1 aliphatic heterocycles. The summed E-state index contributed by atoms with van der Waals surface area (Å²) in [6.07, 6.45) is 9.61. The van der Waals surface area contributed by atoms with Gasteiger partial charge in [0.05, 0.1) is 12.4 Å². The molecular formula is C38H30N4O2. The van der Waals surface area contributed by atoms with Crippen LogP contribution >= 0.6 is 0 Å². The molecule has 0 N–H and O–H groups in total. The molecule has 3 heterocycles. The summed E-state index contributed by atoms with van der Waals surface area (Å²) in [7, 11) is 2.06. The van der Waals surface area contributed by atoms with Crippen LogP contribution in [0.5, 0.6) is 23.0 Å². The molecule has 7 rings (SSSR count). The first-order valence-corrected chi connectivity index (χ1v) is 14.5. The Balaban J connectivity index is 1.25. The molecule has 2 aromatic heterocycles. The van der Waals surface area contributed by atoms with Gasteiger partial charge in [0.25, 0.3) is 0 Å². The minimum Gasteiger partial charge on any atom is -0.457 e. The van der Waals surface area contributed by atoms with Crippen molar-refractivity contribution in [2.45, 2.75) is 0 Å². The van der Waals surface area contributed by atoms with Crippen LogP contribution < -0.4 is 14.4 Å². The largest absolute Gasteiger partial charge is 0.457 e. The van der Waals surface area contributed by atoms with Crippen LogP contribution in [0.2, 0.25) is 0 Å². The van der Waals surface area contributed by atoms with Crippen molar-refractivity contribution in [3.8, 4) is 56.5 Å². The Morgan fingerprint density at radius 2 is 1.23 bits per heavy atom. The normalized spacial score (nSPS) is 12.4. The molecule has 0 amide bonds. The highest BCUT2D eigenvalue weighted by Gasteiger charge is 2.17. The van der Waals surface area contributed by atoms with E-state index in [1.165, 1.54) is 0 Å². The minimum absolute atomic E-state index is 0.736. The molecule has 0 saturated carbocycles. The Labute approximate surface area is 257 Å². The number of aromatic nitrogens is 2. The quantitative estimate of drug-likeness (QED) is 0.181. The van der Waals surface area contributed by atoms with Crippen LogP contribution in [0.15, 0.2) is 152 Å². The number of hydrogen-bond acceptors (Lipinski definition) is 6. The van der Waals surface area contributed by atoms with E-state index in [0.29, 0.717) is 0 Å². The van der Waals surface area contributed by atoms with Crippen LogP contribution in [-0.4, -0.2) is 28.6 Å². The average Bonchev–Trinajstić information content (AvgIpc) is 3.52. The summed E-state index contributed by atoms with van der Waals surface area (Å²) >= 11 is 0. The predicted octanol–water partition coefficient (Wildman–Crippen LogP) is 9.24. The minimum atomic E-state index is 0.736. The van der Waals surface area contributed by atoms with Crippen molar-refractivity contribution in [2.24, 2.45) is 0 Å². The van der Waals surface area contributed by atoms with E-state index >= 15 is 0 Å². The maximum Gasteiger partial charge on any atom is 0.129 e. The van der Waals surface area contributed by atoms with Crippen LogP contribution in [0, 0.1) is 0 Å². The van der Waals surface area contributed by atoms with E-state index in [1.54, 1.807) is 0 Å². The number of rotatable bonds is 8. The summed E-state index contributed by atoms with van der Waals surface area (Å²) in [5, 5.41) is 0. The predicted molar refractivity (Wildman–Crippen MR) is 176 cm³/mol. The highest BCUT2D eigenvalue weighted by atomic mass is 16.5. The number of ether oxygens (including phenoxy) is 2. The highest BCUT2D eigenvalue weighted by Crippen LogP contribution is 2.41. The molecule has 44 heavy (non-hydrogen) atoms. The summed E-state index contributed by atoms with van der Waals surface area (Å²) in [4.78, 5) is 13.5. The molecule has 0 unspecified atom stereocenters. The molecule has 6 aromatic rings. The third-order valence-electron chi connectivity index (χ3n) is 7.41. The molecule has 6 heteroatoms. The van der Waals surface area contributed by atoms with Crippen LogP contribution in [0.1, 0.15) is 0 Å². The van der Waals surface area contributed by atoms with E-state index in [4.69, 9.17) is 14.5 Å². The van der Waals surface area contributed by atoms with Crippen LogP contribution in [-0.2, 0) is 0 Å². The Morgan fingerprint density at radius 1 is 0.568 bits per heavy atom. The summed E-state index contributed by atoms with van der Waals surface area (Å²) in [5.74, 6) is 3.07. The van der Waals surface area contributed by atoms with Gasteiger partial charge in [-0.2, -0.15) is 0 Å². The number of anilines is 1. The van der Waals surface area contributed by atoms with Crippen molar-refractivity contribution in [3.05, 3.63) is 152 Å². The van der Waals surface area contributed by atoms with Gasteiger partial charge in [0, 0.05) is 60.9 Å². The molecule has 0 bridgehead atoms. The second-order valence-electron chi connectivity index (χ2n) is 10.6. The number of hydrogen-bond donors (Lipinski definition) is 0. The van der Waals surface area contributed by atoms with Crippen molar-refractivity contribution in [2.75, 3.05) is 18.6 Å². The number of pyridine rings is 2. The van der Waals surface area contributed by atoms with Gasteiger partial charge in [0.1, 0.15) is 23.0 Å². The summed E-state index contributed by atoms with van der Waals surface area (Å²) < 4.78 is 12.5. The van der Waals surface area contributed by atoms with E-state index < -0.39 is 0 Å². The van der Waals surface area contributed by atoms with Crippen LogP contribution in [0.3, 0.4) is 0 Å². The van der Waals surface area contributed by atoms with Gasteiger partial charge >= 0.3 is 0 Å². The number of benzene rings is 4. The van der Waals surface area contributed by atoms with Gasteiger partial charge in [-0.1, -0.05) is 48.5 Å². The number of para-hydroxylation sites is 1. The van der Waals surface area contributed by atoms with E-state index in [9.17, 15) is 0 Å². The Hall–Kier alpha value is -5.88. The molecule has 6 nitrogen and oxygen atoms in total. The van der Waals surface area contributed by atoms with Crippen molar-refractivity contribution in [3.63, 3.8) is 0 Å². The molecule has 0 radical (unpaired) electrons. The molecule has 214 valence electrons. The van der Waals surface area contributed by atoms with Gasteiger partial charge < -0.3 is 19.3 Å². The van der Waals surface area contributed by atoms with Gasteiger partial charge in [0.2, 0.25) is 0 Å². The van der Waals surface area contributed by atoms with E-state index in [-0.39, 0.29) is 0 Å². The molecular weight excluding hydrogens is 544 g/mol. The highest BCUT2D eigenvalue weighted by molar-refractivity contribution is 5.92. The van der Waals surface area contributed by atoms with Gasteiger partial charge in [-0.25, -0.2) is 0 Å². The molecule has 0 aliphatic carbocycles. The lowest BCUT2D eigenvalue weighted by Crippen LogP contribution is -2.21. The fourth-order valence-electron chi connectivity index (χ4n) is 5.35. The summed E-state index contributed by atoms with van der Waals surface area (Å²) in [6, 6.07) is 40.3. The lowest BCUT2D eigenvalue weighted by Gasteiger charge is -2.19. The van der Waals surface area contributed by atoms with Crippen molar-refractivity contribution >= 4 is 5.69 Å². The summed E-state index contributed by atoms with van der Waals surface area (Å²) in [6.45, 7) is 0.806. The number of nitrogens with zero attached hydrogens (tertiary/aromatic N) is 4. The second-order valence-corrected chi connectivity index (χ2v) is 10.6. The van der Waals surface area contributed by atoms with E-state index in [2.05, 4.69) is 70.6 Å². The van der Waals surface area contributed by atoms with Crippen molar-refractivity contribution < 1.29 is 9.47 Å². The van der Waals surface area contributed by atoms with Crippen molar-refractivity contribution in [1.29, 1.82) is 0 Å². The van der Waals surface area contributed by atoms with Gasteiger partial charge in [0.15, 0.2) is 0 Å². The van der Waals surface area contributed by atoms with Gasteiger partial charge in [-0.05, 0) is 83.4 Å². The smallest absolute Gasteiger partial charge is 0.129 e. The van der Waals surface area contributed by atoms with E-state index in [0.717, 1.165) is 68.9 Å². The fraction of sp³-hybridized carbons (Fsp3) is 0.0526. The standard InChI is InChI=1S/C38H30N4O2/c1-41-22-23-42(27-41)31-10-7-15-35(26-31)44-34-14-6-9-30(25-34)38-37(28-16-19-39-20-17-28)36(18-21-40-38)29-8-5-13-33(24-29)43-32-11-3-2-4-12-32/h2-26H,27H2,1H3. The Bertz CT molecular complexity index is 1930. The Morgan fingerprint density at radius 3 is 1.98 bits per heavy atom. The molecule has 0 spiro atoms. The van der Waals surface area contributed by atoms with Crippen LogP contribution in [0.25, 0.3) is 33.5 Å². The zero-order valence-electron chi connectivity index (χ0n) is 24.2. The third-order valence-corrected chi connectivity index (χ3v) is 7.41. The SMILES string of the molecule is CN1C=CN(c2cccc(Oc3cccc(-c4nccc(-c5cccc(Oc6ccccc6)c5)c4-c4ccncc4)c3)c2)C1. The van der Waals surface area contributed by atoms with E-state index in [1.807, 2.05) is 104 Å². The third kappa shape index (κ3) is 5.87. The second kappa shape index (κ2) is 12.2. The molecule has 0 saturated heterocycles. The topological polar surface area (TPSA) is 50.7 Å². The molecule has 1 aliphatic rings. The van der Waals surface area contributed by atoms with Crippen LogP contribution in [0.4, 0.5) is 5.69 Å². The fourth-order valence-corrected chi connectivity index (χ4v) is 5.35. The zero-order valence-corrected chi connectivity index (χ0v) is 24.2. The Kier molecular flexibility index (Phi) is 7.45. The first-order chi connectivity index (χ1) is 21.7. The molecule has 4 aromatic carbocycles. The molecule has 0 atom stereocenters. The monoisotopic (exact) mass is 574 g/mol. The van der Waals surface area contributed by atoms with Gasteiger partial charge in [-0.15, -0.1) is 0 Å². The first-order valence-electron chi connectivity index (χ1n) is 14.5. The molecule has 0 fully saturated rings. The first kappa shape index (κ1) is 27.0. The summed E-state index contributed by atoms with van der Waals surface area (Å²) in [5.41, 5.74) is 6.99. The lowest BCUT2D eigenvalue weighted by atomic mass is 9.91. The maximum absolute atomic E-state index is 6.38. The van der Waals surface area contributed by atoms with Gasteiger partial charge in [-0.3, -0.25) is 9.97 Å².